The van der Waals surface area contributed by atoms with E-state index in [0.29, 0.717) is 11.4 Å². The quantitative estimate of drug-likeness (QED) is 0.418. The average Bonchev–Trinajstić information content (AvgIpc) is 3.48. The second-order valence-corrected chi connectivity index (χ2v) is 9.24. The number of H-pyrrole nitrogens is 1. The van der Waals surface area contributed by atoms with Crippen molar-refractivity contribution >= 4 is 28.5 Å². The number of hydrogen-bond donors (Lipinski definition) is 1. The summed E-state index contributed by atoms with van der Waals surface area (Å²) in [6.45, 7) is 1.64. The van der Waals surface area contributed by atoms with Gasteiger partial charge in [0.15, 0.2) is 6.10 Å². The van der Waals surface area contributed by atoms with Gasteiger partial charge < -0.3 is 14.6 Å². The first-order valence-electron chi connectivity index (χ1n) is 11.5. The molecule has 2 aliphatic heterocycles. The Bertz CT molecular complexity index is 1340. The van der Waals surface area contributed by atoms with E-state index in [0.717, 1.165) is 70.7 Å². The molecule has 6 heteroatoms. The van der Waals surface area contributed by atoms with Gasteiger partial charge in [-0.3, -0.25) is 4.79 Å². The fraction of sp³-hybridized carbons (Fsp3) is 0.259. The number of aromatic amines is 1. The lowest BCUT2D eigenvalue weighted by atomic mass is 9.98. The van der Waals surface area contributed by atoms with Crippen LogP contribution in [0.3, 0.4) is 0 Å². The predicted octanol–water partition coefficient (Wildman–Crippen LogP) is 5.87. The van der Waals surface area contributed by atoms with Crippen molar-refractivity contribution in [2.75, 3.05) is 13.1 Å². The maximum Gasteiger partial charge on any atom is 0.263 e. The second kappa shape index (κ2) is 8.23. The molecular weight excluding hydrogens is 434 g/mol. The van der Waals surface area contributed by atoms with Crippen molar-refractivity contribution in [3.63, 3.8) is 0 Å². The van der Waals surface area contributed by atoms with Crippen molar-refractivity contribution < 1.29 is 9.53 Å². The molecule has 0 bridgehead atoms. The van der Waals surface area contributed by atoms with Crippen molar-refractivity contribution in [3.8, 4) is 28.1 Å². The summed E-state index contributed by atoms with van der Waals surface area (Å²) in [6, 6.07) is 18.1. The Morgan fingerprint density at radius 2 is 1.85 bits per heavy atom. The van der Waals surface area contributed by atoms with Gasteiger partial charge in [0.25, 0.3) is 5.91 Å². The van der Waals surface area contributed by atoms with E-state index >= 15 is 0 Å². The largest absolute Gasteiger partial charge is 0.479 e. The highest BCUT2D eigenvalue weighted by Gasteiger charge is 2.35. The molecule has 1 N–H and O–H groups in total. The number of carbonyl (C=O) groups is 1. The predicted molar refractivity (Wildman–Crippen MR) is 131 cm³/mol. The number of hydrogen-bond acceptors (Lipinski definition) is 3. The molecule has 1 amide bonds. The van der Waals surface area contributed by atoms with Gasteiger partial charge in [0.05, 0.1) is 0 Å². The van der Waals surface area contributed by atoms with Gasteiger partial charge >= 0.3 is 0 Å². The van der Waals surface area contributed by atoms with Crippen LogP contribution in [0.5, 0.6) is 5.75 Å². The molecule has 2 aliphatic rings. The summed E-state index contributed by atoms with van der Waals surface area (Å²) in [5.74, 6) is 0.838. The first-order valence-corrected chi connectivity index (χ1v) is 11.9. The summed E-state index contributed by atoms with van der Waals surface area (Å²) in [4.78, 5) is 23.0. The van der Waals surface area contributed by atoms with Crippen LogP contribution in [-0.2, 0) is 11.2 Å². The smallest absolute Gasteiger partial charge is 0.263 e. The summed E-state index contributed by atoms with van der Waals surface area (Å²) >= 11 is 6.53. The molecule has 2 aromatic heterocycles. The van der Waals surface area contributed by atoms with Crippen LogP contribution in [-0.4, -0.2) is 40.0 Å². The minimum Gasteiger partial charge on any atom is -0.479 e. The number of aromatic nitrogens is 2. The van der Waals surface area contributed by atoms with E-state index in [4.69, 9.17) is 16.3 Å². The van der Waals surface area contributed by atoms with E-state index in [1.165, 1.54) is 6.42 Å². The van der Waals surface area contributed by atoms with Gasteiger partial charge in [-0.15, -0.1) is 0 Å². The molecule has 4 heterocycles. The van der Waals surface area contributed by atoms with E-state index in [2.05, 4.69) is 28.2 Å². The third-order valence-corrected chi connectivity index (χ3v) is 6.86. The van der Waals surface area contributed by atoms with Gasteiger partial charge in [0.1, 0.15) is 11.4 Å². The fourth-order valence-electron chi connectivity index (χ4n) is 5.02. The molecule has 1 unspecified atom stereocenters. The molecule has 1 fully saturated rings. The Balaban J connectivity index is 1.40. The lowest BCUT2D eigenvalue weighted by molar-refractivity contribution is -0.138. The highest BCUT2D eigenvalue weighted by atomic mass is 35.5. The molecule has 4 aromatic rings. The highest BCUT2D eigenvalue weighted by molar-refractivity contribution is 6.31. The zero-order valence-electron chi connectivity index (χ0n) is 18.2. The zero-order valence-corrected chi connectivity index (χ0v) is 18.9. The van der Waals surface area contributed by atoms with Crippen LogP contribution in [0.15, 0.2) is 60.8 Å². The molecule has 0 spiro atoms. The number of rotatable bonds is 3. The average molecular weight is 458 g/mol. The topological polar surface area (TPSA) is 58.2 Å². The van der Waals surface area contributed by atoms with Crippen LogP contribution in [0.25, 0.3) is 33.4 Å². The number of likely N-dealkylation sites (tertiary alicyclic amines) is 1. The number of nitrogens with zero attached hydrogens (tertiary/aromatic N) is 2. The molecule has 33 heavy (non-hydrogen) atoms. The lowest BCUT2D eigenvalue weighted by Gasteiger charge is -2.28. The summed E-state index contributed by atoms with van der Waals surface area (Å²) in [7, 11) is 0. The molecule has 5 nitrogen and oxygen atoms in total. The molecule has 0 aliphatic carbocycles. The Labute approximate surface area is 197 Å². The van der Waals surface area contributed by atoms with Crippen molar-refractivity contribution in [2.24, 2.45) is 0 Å². The van der Waals surface area contributed by atoms with E-state index in [9.17, 15) is 4.79 Å². The van der Waals surface area contributed by atoms with E-state index in [1.54, 1.807) is 6.20 Å². The van der Waals surface area contributed by atoms with E-state index in [1.807, 2.05) is 41.3 Å². The molecule has 0 saturated carbocycles. The van der Waals surface area contributed by atoms with Gasteiger partial charge in [0.2, 0.25) is 0 Å². The number of pyridine rings is 1. The molecule has 166 valence electrons. The number of carbonyl (C=O) groups excluding carboxylic acids is 1. The number of nitrogens with one attached hydrogen (secondary N) is 1. The number of halogens is 1. The first-order chi connectivity index (χ1) is 16.2. The number of fused-ring (bicyclic) bond motifs is 2. The lowest BCUT2D eigenvalue weighted by Crippen LogP contribution is -2.43. The molecule has 0 radical (unpaired) electrons. The van der Waals surface area contributed by atoms with Crippen molar-refractivity contribution in [1.29, 1.82) is 0 Å². The van der Waals surface area contributed by atoms with Crippen molar-refractivity contribution in [1.82, 2.24) is 14.9 Å². The third kappa shape index (κ3) is 3.66. The van der Waals surface area contributed by atoms with Crippen LogP contribution in [0, 0.1) is 0 Å². The summed E-state index contributed by atoms with van der Waals surface area (Å²) in [5.41, 5.74) is 5.78. The van der Waals surface area contributed by atoms with E-state index in [-0.39, 0.29) is 5.91 Å². The summed E-state index contributed by atoms with van der Waals surface area (Å²) < 4.78 is 6.32. The number of ether oxygens (including phenoxy) is 1. The first kappa shape index (κ1) is 20.3. The van der Waals surface area contributed by atoms with Crippen molar-refractivity contribution in [3.05, 3.63) is 71.4 Å². The number of benzene rings is 2. The van der Waals surface area contributed by atoms with Crippen LogP contribution in [0.2, 0.25) is 5.02 Å². The molecule has 1 saturated heterocycles. The van der Waals surface area contributed by atoms with Gasteiger partial charge in [-0.25, -0.2) is 4.98 Å². The molecule has 1 atom stereocenters. The number of piperidine rings is 1. The van der Waals surface area contributed by atoms with E-state index < -0.39 is 6.10 Å². The van der Waals surface area contributed by atoms with Gasteiger partial charge in [-0.2, -0.15) is 0 Å². The maximum absolute atomic E-state index is 13.1. The van der Waals surface area contributed by atoms with Gasteiger partial charge in [-0.05, 0) is 54.7 Å². The Kier molecular flexibility index (Phi) is 5.07. The van der Waals surface area contributed by atoms with Crippen LogP contribution in [0.1, 0.15) is 24.8 Å². The van der Waals surface area contributed by atoms with Crippen LogP contribution in [0.4, 0.5) is 0 Å². The highest BCUT2D eigenvalue weighted by Crippen LogP contribution is 2.44. The van der Waals surface area contributed by atoms with Gasteiger partial charge in [0, 0.05) is 52.9 Å². The normalized spacial score (nSPS) is 17.7. The molecule has 6 rings (SSSR count). The summed E-state index contributed by atoms with van der Waals surface area (Å²) in [5, 5.41) is 1.64. The number of amides is 1. The minimum absolute atomic E-state index is 0.0841. The summed E-state index contributed by atoms with van der Waals surface area (Å²) in [6.07, 6.45) is 5.17. The Morgan fingerprint density at radius 1 is 1.03 bits per heavy atom. The third-order valence-electron chi connectivity index (χ3n) is 6.65. The minimum atomic E-state index is -0.487. The maximum atomic E-state index is 13.1. The standard InChI is InChI=1S/C27H24ClN3O2/c28-19-13-18-14-24(27(32)31-11-5-2-6-12-31)33-25(18)21(15-19)20-9-10-29-26-22(20)16-23(30-26)17-7-3-1-4-8-17/h1,3-4,7-10,13,15-16,24H,2,5-6,11-12,14H2,(H,29,30). The Morgan fingerprint density at radius 3 is 2.67 bits per heavy atom. The van der Waals surface area contributed by atoms with Crippen LogP contribution >= 0.6 is 11.6 Å². The second-order valence-electron chi connectivity index (χ2n) is 8.81. The SMILES string of the molecule is O=C(C1Cc2cc(Cl)cc(-c3ccnc4[nH]c(-c5ccccc5)cc34)c2O1)N1CCCCC1. The monoisotopic (exact) mass is 457 g/mol. The fourth-order valence-corrected chi connectivity index (χ4v) is 5.26. The van der Waals surface area contributed by atoms with Crippen LogP contribution < -0.4 is 4.74 Å². The molecule has 2 aromatic carbocycles. The zero-order chi connectivity index (χ0) is 22.4. The Hall–Kier alpha value is -3.31. The van der Waals surface area contributed by atoms with Gasteiger partial charge in [-0.1, -0.05) is 41.9 Å². The molecular formula is C27H24ClN3O2. The van der Waals surface area contributed by atoms with Crippen molar-refractivity contribution in [2.45, 2.75) is 31.8 Å².